The number of nitrogens with two attached hydrogens (primary N) is 1. The number of esters is 1. The lowest BCUT2D eigenvalue weighted by Gasteiger charge is -2.27. The van der Waals surface area contributed by atoms with Crippen molar-refractivity contribution < 1.29 is 29.0 Å². The molecule has 110 valence electrons. The molecule has 8 heteroatoms. The number of nitrogens with one attached hydrogen (secondary N) is 1. The highest BCUT2D eigenvalue weighted by Gasteiger charge is 2.37. The summed E-state index contributed by atoms with van der Waals surface area (Å²) < 4.78 is 9.29. The van der Waals surface area contributed by atoms with Gasteiger partial charge in [0.2, 0.25) is 0 Å². The lowest BCUT2D eigenvalue weighted by atomic mass is 10.1. The van der Waals surface area contributed by atoms with Gasteiger partial charge in [0.05, 0.1) is 7.11 Å². The maximum absolute atomic E-state index is 11.5. The van der Waals surface area contributed by atoms with Crippen molar-refractivity contribution in [1.29, 1.82) is 0 Å². The van der Waals surface area contributed by atoms with Crippen molar-refractivity contribution in [3.05, 3.63) is 0 Å². The van der Waals surface area contributed by atoms with E-state index < -0.39 is 29.3 Å². The number of methoxy groups -OCH3 is 1. The summed E-state index contributed by atoms with van der Waals surface area (Å²) in [7, 11) is 1.17. The number of alkyl carbamates (subject to hydrolysis) is 1. The average molecular weight is 276 g/mol. The third-order valence-corrected chi connectivity index (χ3v) is 2.06. The molecule has 0 aromatic rings. The summed E-state index contributed by atoms with van der Waals surface area (Å²) in [5, 5.41) is 11.1. The molecule has 1 unspecified atom stereocenters. The van der Waals surface area contributed by atoms with Crippen molar-refractivity contribution >= 4 is 18.0 Å². The van der Waals surface area contributed by atoms with Gasteiger partial charge in [-0.3, -0.25) is 15.8 Å². The van der Waals surface area contributed by atoms with Crippen molar-refractivity contribution in [2.75, 3.05) is 7.11 Å². The largest absolute Gasteiger partial charge is 0.478 e. The number of carbonyl (C=O) groups excluding carboxylic acids is 2. The number of carbonyl (C=O) groups is 3. The van der Waals surface area contributed by atoms with Crippen molar-refractivity contribution in [3.63, 3.8) is 0 Å². The molecule has 0 aliphatic heterocycles. The van der Waals surface area contributed by atoms with Gasteiger partial charge in [-0.05, 0) is 20.8 Å². The fourth-order valence-electron chi connectivity index (χ4n) is 1.11. The molecule has 0 saturated heterocycles. The zero-order chi connectivity index (χ0) is 15.3. The Kier molecular flexibility index (Phi) is 5.76. The molecule has 0 aromatic heterocycles. The van der Waals surface area contributed by atoms with E-state index in [-0.39, 0.29) is 12.8 Å². The SMILES string of the molecule is COC(=O)CCC(N)(NC(=O)OC(C)(C)C)C(=O)O. The second-order valence-corrected chi connectivity index (χ2v) is 4.98. The van der Waals surface area contributed by atoms with Crippen molar-refractivity contribution in [2.45, 2.75) is 44.9 Å². The third-order valence-electron chi connectivity index (χ3n) is 2.06. The second-order valence-electron chi connectivity index (χ2n) is 4.98. The van der Waals surface area contributed by atoms with Gasteiger partial charge in [0, 0.05) is 12.8 Å². The number of ether oxygens (including phenoxy) is 2. The summed E-state index contributed by atoms with van der Waals surface area (Å²) in [6.07, 6.45) is -1.52. The maximum atomic E-state index is 11.5. The normalized spacial score (nSPS) is 14.2. The van der Waals surface area contributed by atoms with Crippen LogP contribution in [0.1, 0.15) is 33.6 Å². The summed E-state index contributed by atoms with van der Waals surface area (Å²) >= 11 is 0. The van der Waals surface area contributed by atoms with Crippen LogP contribution in [0.15, 0.2) is 0 Å². The van der Waals surface area contributed by atoms with E-state index in [0.717, 1.165) is 0 Å². The van der Waals surface area contributed by atoms with Crippen LogP contribution in [-0.2, 0) is 19.1 Å². The summed E-state index contributed by atoms with van der Waals surface area (Å²) in [5.41, 5.74) is 2.67. The number of hydrogen-bond donors (Lipinski definition) is 3. The molecule has 0 fully saturated rings. The van der Waals surface area contributed by atoms with E-state index in [2.05, 4.69) is 4.74 Å². The number of rotatable bonds is 5. The lowest BCUT2D eigenvalue weighted by molar-refractivity contribution is -0.146. The molecule has 0 rings (SSSR count). The van der Waals surface area contributed by atoms with Gasteiger partial charge >= 0.3 is 18.0 Å². The highest BCUT2D eigenvalue weighted by Crippen LogP contribution is 2.11. The molecular weight excluding hydrogens is 256 g/mol. The Balaban J connectivity index is 4.67. The van der Waals surface area contributed by atoms with Crippen LogP contribution in [0.4, 0.5) is 4.79 Å². The molecule has 0 aliphatic carbocycles. The van der Waals surface area contributed by atoms with Crippen LogP contribution in [-0.4, -0.2) is 41.5 Å². The van der Waals surface area contributed by atoms with Crippen molar-refractivity contribution in [3.8, 4) is 0 Å². The molecule has 0 bridgehead atoms. The van der Waals surface area contributed by atoms with E-state index in [1.165, 1.54) is 7.11 Å². The Morgan fingerprint density at radius 1 is 1.26 bits per heavy atom. The minimum absolute atomic E-state index is 0.241. The average Bonchev–Trinajstić information content (AvgIpc) is 2.22. The van der Waals surface area contributed by atoms with E-state index in [0.29, 0.717) is 0 Å². The van der Waals surface area contributed by atoms with E-state index in [4.69, 9.17) is 15.6 Å². The van der Waals surface area contributed by atoms with Crippen molar-refractivity contribution in [2.24, 2.45) is 5.73 Å². The molecule has 0 aliphatic rings. The van der Waals surface area contributed by atoms with E-state index in [1.807, 2.05) is 5.32 Å². The Labute approximate surface area is 111 Å². The Bertz CT molecular complexity index is 363. The molecule has 0 aromatic carbocycles. The minimum atomic E-state index is -2.09. The van der Waals surface area contributed by atoms with Gasteiger partial charge in [-0.25, -0.2) is 9.59 Å². The third kappa shape index (κ3) is 6.61. The number of aliphatic carboxylic acids is 1. The number of carboxylic acids is 1. The topological polar surface area (TPSA) is 128 Å². The minimum Gasteiger partial charge on any atom is -0.478 e. The molecule has 0 spiro atoms. The van der Waals surface area contributed by atoms with Gasteiger partial charge in [-0.1, -0.05) is 0 Å². The standard InChI is InChI=1S/C11H20N2O6/c1-10(2,3)19-9(17)13-11(12,8(15)16)6-5-7(14)18-4/h5-6,12H2,1-4H3,(H,13,17)(H,15,16). The van der Waals surface area contributed by atoms with Crippen molar-refractivity contribution in [1.82, 2.24) is 5.32 Å². The first-order chi connectivity index (χ1) is 8.50. The molecular formula is C11H20N2O6. The van der Waals surface area contributed by atoms with Gasteiger partial charge in [-0.2, -0.15) is 0 Å². The maximum Gasteiger partial charge on any atom is 0.409 e. The number of carboxylic acid groups (broad SMARTS) is 1. The summed E-state index contributed by atoms with van der Waals surface area (Å²) in [4.78, 5) is 33.6. The number of hydrogen-bond acceptors (Lipinski definition) is 6. The Morgan fingerprint density at radius 2 is 1.79 bits per heavy atom. The molecule has 0 radical (unpaired) electrons. The first-order valence-electron chi connectivity index (χ1n) is 5.60. The van der Waals surface area contributed by atoms with Gasteiger partial charge in [-0.15, -0.1) is 0 Å². The van der Waals surface area contributed by atoms with E-state index >= 15 is 0 Å². The van der Waals surface area contributed by atoms with Crippen LogP contribution < -0.4 is 11.1 Å². The van der Waals surface area contributed by atoms with E-state index in [9.17, 15) is 14.4 Å². The Hall–Kier alpha value is -1.83. The predicted molar refractivity (Wildman–Crippen MR) is 65.2 cm³/mol. The molecule has 4 N–H and O–H groups in total. The van der Waals surface area contributed by atoms with Crippen LogP contribution in [0, 0.1) is 0 Å². The second kappa shape index (κ2) is 6.37. The monoisotopic (exact) mass is 276 g/mol. The highest BCUT2D eigenvalue weighted by atomic mass is 16.6. The molecule has 1 amide bonds. The lowest BCUT2D eigenvalue weighted by Crippen LogP contribution is -2.62. The van der Waals surface area contributed by atoms with Gasteiger partial charge < -0.3 is 14.6 Å². The Morgan fingerprint density at radius 3 is 2.16 bits per heavy atom. The summed E-state index contributed by atoms with van der Waals surface area (Å²) in [6, 6.07) is 0. The predicted octanol–water partition coefficient (Wildman–Crippen LogP) is 0.204. The first kappa shape index (κ1) is 17.2. The summed E-state index contributed by atoms with van der Waals surface area (Å²) in [5.74, 6) is -2.09. The quantitative estimate of drug-likeness (QED) is 0.483. The fourth-order valence-corrected chi connectivity index (χ4v) is 1.11. The molecule has 0 heterocycles. The van der Waals surface area contributed by atoms with Crippen LogP contribution >= 0.6 is 0 Å². The molecule has 1 atom stereocenters. The zero-order valence-corrected chi connectivity index (χ0v) is 11.5. The van der Waals surface area contributed by atoms with Crippen LogP contribution in [0.2, 0.25) is 0 Å². The van der Waals surface area contributed by atoms with Crippen LogP contribution in [0.5, 0.6) is 0 Å². The molecule has 8 nitrogen and oxygen atoms in total. The highest BCUT2D eigenvalue weighted by molar-refractivity contribution is 5.84. The summed E-state index contributed by atoms with van der Waals surface area (Å²) in [6.45, 7) is 4.87. The number of amides is 1. The molecule has 0 saturated carbocycles. The van der Waals surface area contributed by atoms with Gasteiger partial charge in [0.25, 0.3) is 0 Å². The zero-order valence-electron chi connectivity index (χ0n) is 11.5. The van der Waals surface area contributed by atoms with Gasteiger partial charge in [0.1, 0.15) is 5.60 Å². The molecule has 19 heavy (non-hydrogen) atoms. The fraction of sp³-hybridized carbons (Fsp3) is 0.727. The van der Waals surface area contributed by atoms with E-state index in [1.54, 1.807) is 20.8 Å². The first-order valence-corrected chi connectivity index (χ1v) is 5.60. The smallest absolute Gasteiger partial charge is 0.409 e. The van der Waals surface area contributed by atoms with Gasteiger partial charge in [0.15, 0.2) is 5.66 Å². The van der Waals surface area contributed by atoms with Crippen LogP contribution in [0.25, 0.3) is 0 Å². The van der Waals surface area contributed by atoms with Crippen LogP contribution in [0.3, 0.4) is 0 Å².